The van der Waals surface area contributed by atoms with Crippen LogP contribution in [0.4, 0.5) is 0 Å². The smallest absolute Gasteiger partial charge is 0.0465 e. The third-order valence-electron chi connectivity index (χ3n) is 3.23. The van der Waals surface area contributed by atoms with E-state index in [1.165, 1.54) is 21.2 Å². The number of hydrogen-bond donors (Lipinski definition) is 1. The van der Waals surface area contributed by atoms with E-state index in [1.807, 2.05) is 0 Å². The van der Waals surface area contributed by atoms with Crippen LogP contribution in [0.5, 0.6) is 0 Å². The largest absolute Gasteiger partial charge is 0.385 e. The SMILES string of the molecule is COCCC(C)C(N)c1cc(C)c(Br)c(C)c1. The molecule has 1 rings (SSSR count). The average molecular weight is 300 g/mol. The molecule has 0 aromatic heterocycles. The normalized spacial score (nSPS) is 14.7. The average Bonchev–Trinajstić information content (AvgIpc) is 2.31. The summed E-state index contributed by atoms with van der Waals surface area (Å²) in [5, 5.41) is 0. The third kappa shape index (κ3) is 3.80. The zero-order valence-corrected chi connectivity index (χ0v) is 12.7. The van der Waals surface area contributed by atoms with Crippen molar-refractivity contribution in [2.75, 3.05) is 13.7 Å². The summed E-state index contributed by atoms with van der Waals surface area (Å²) in [5.74, 6) is 0.426. The number of rotatable bonds is 5. The minimum Gasteiger partial charge on any atom is -0.385 e. The maximum atomic E-state index is 6.30. The van der Waals surface area contributed by atoms with Crippen LogP contribution in [0, 0.1) is 19.8 Å². The Morgan fingerprint density at radius 1 is 1.29 bits per heavy atom. The van der Waals surface area contributed by atoms with E-state index >= 15 is 0 Å². The van der Waals surface area contributed by atoms with Crippen molar-refractivity contribution in [3.63, 3.8) is 0 Å². The monoisotopic (exact) mass is 299 g/mol. The fourth-order valence-electron chi connectivity index (χ4n) is 1.98. The van der Waals surface area contributed by atoms with Crippen LogP contribution in [-0.2, 0) is 4.74 Å². The predicted octanol–water partition coefficient (Wildman–Crippen LogP) is 3.74. The van der Waals surface area contributed by atoms with Crippen LogP contribution < -0.4 is 5.73 Å². The van der Waals surface area contributed by atoms with Crippen LogP contribution in [0.3, 0.4) is 0 Å². The van der Waals surface area contributed by atoms with Gasteiger partial charge in [-0.1, -0.05) is 35.0 Å². The minimum absolute atomic E-state index is 0.0793. The van der Waals surface area contributed by atoms with Crippen molar-refractivity contribution < 1.29 is 4.74 Å². The molecule has 2 N–H and O–H groups in total. The van der Waals surface area contributed by atoms with Gasteiger partial charge in [-0.15, -0.1) is 0 Å². The van der Waals surface area contributed by atoms with Crippen LogP contribution in [0.15, 0.2) is 16.6 Å². The number of ether oxygens (including phenoxy) is 1. The second kappa shape index (κ2) is 6.53. The number of hydrogen-bond acceptors (Lipinski definition) is 2. The number of methoxy groups -OCH3 is 1. The van der Waals surface area contributed by atoms with Gasteiger partial charge in [0.1, 0.15) is 0 Å². The molecule has 0 saturated heterocycles. The molecule has 3 heteroatoms. The van der Waals surface area contributed by atoms with E-state index in [4.69, 9.17) is 10.5 Å². The first kappa shape index (κ1) is 14.7. The molecule has 17 heavy (non-hydrogen) atoms. The summed E-state index contributed by atoms with van der Waals surface area (Å²) in [4.78, 5) is 0. The molecular weight excluding hydrogens is 278 g/mol. The highest BCUT2D eigenvalue weighted by molar-refractivity contribution is 9.10. The number of halogens is 1. The van der Waals surface area contributed by atoms with Gasteiger partial charge in [0.15, 0.2) is 0 Å². The molecule has 0 aliphatic rings. The van der Waals surface area contributed by atoms with Crippen molar-refractivity contribution in [2.24, 2.45) is 11.7 Å². The first-order valence-electron chi connectivity index (χ1n) is 5.98. The highest BCUT2D eigenvalue weighted by Crippen LogP contribution is 2.28. The summed E-state index contributed by atoms with van der Waals surface area (Å²) in [6.45, 7) is 7.15. The molecule has 2 nitrogen and oxygen atoms in total. The fraction of sp³-hybridized carbons (Fsp3) is 0.571. The van der Waals surface area contributed by atoms with E-state index in [9.17, 15) is 0 Å². The molecule has 0 amide bonds. The van der Waals surface area contributed by atoms with Crippen molar-refractivity contribution in [2.45, 2.75) is 33.2 Å². The van der Waals surface area contributed by atoms with E-state index in [1.54, 1.807) is 7.11 Å². The second-order valence-corrected chi connectivity index (χ2v) is 5.55. The van der Waals surface area contributed by atoms with Crippen molar-refractivity contribution >= 4 is 15.9 Å². The van der Waals surface area contributed by atoms with Crippen molar-refractivity contribution in [3.05, 3.63) is 33.3 Å². The molecule has 0 bridgehead atoms. The van der Waals surface area contributed by atoms with Crippen molar-refractivity contribution in [1.82, 2.24) is 0 Å². The predicted molar refractivity (Wildman–Crippen MR) is 76.2 cm³/mol. The molecular formula is C14H22BrNO. The van der Waals surface area contributed by atoms with Gasteiger partial charge in [0.25, 0.3) is 0 Å². The highest BCUT2D eigenvalue weighted by Gasteiger charge is 2.16. The maximum absolute atomic E-state index is 6.30. The molecule has 2 unspecified atom stereocenters. The molecule has 0 heterocycles. The van der Waals surface area contributed by atoms with E-state index in [0.29, 0.717) is 5.92 Å². The van der Waals surface area contributed by atoms with Gasteiger partial charge < -0.3 is 10.5 Å². The number of aryl methyl sites for hydroxylation is 2. The summed E-state index contributed by atoms with van der Waals surface area (Å²) in [6.07, 6.45) is 0.992. The van der Waals surface area contributed by atoms with Gasteiger partial charge in [0, 0.05) is 24.2 Å². The Hall–Kier alpha value is -0.380. The van der Waals surface area contributed by atoms with Crippen molar-refractivity contribution in [1.29, 1.82) is 0 Å². The second-order valence-electron chi connectivity index (χ2n) is 4.75. The van der Waals surface area contributed by atoms with Gasteiger partial charge in [0.2, 0.25) is 0 Å². The van der Waals surface area contributed by atoms with Gasteiger partial charge >= 0.3 is 0 Å². The summed E-state index contributed by atoms with van der Waals surface area (Å²) < 4.78 is 6.28. The lowest BCUT2D eigenvalue weighted by Crippen LogP contribution is -2.20. The Kier molecular flexibility index (Phi) is 5.63. The lowest BCUT2D eigenvalue weighted by atomic mass is 9.91. The van der Waals surface area contributed by atoms with Crippen LogP contribution >= 0.6 is 15.9 Å². The van der Waals surface area contributed by atoms with Crippen LogP contribution in [0.1, 0.15) is 36.1 Å². The number of nitrogens with two attached hydrogens (primary N) is 1. The first-order chi connectivity index (χ1) is 7.97. The van der Waals surface area contributed by atoms with E-state index in [0.717, 1.165) is 13.0 Å². The fourth-order valence-corrected chi connectivity index (χ4v) is 2.21. The quantitative estimate of drug-likeness (QED) is 0.899. The van der Waals surface area contributed by atoms with E-state index in [2.05, 4.69) is 48.8 Å². The minimum atomic E-state index is 0.0793. The van der Waals surface area contributed by atoms with Crippen molar-refractivity contribution in [3.8, 4) is 0 Å². The lowest BCUT2D eigenvalue weighted by Gasteiger charge is -2.21. The standard InChI is InChI=1S/C14H22BrNO/c1-9(5-6-17-4)14(16)12-7-10(2)13(15)11(3)8-12/h7-9,14H,5-6,16H2,1-4H3. The van der Waals surface area contributed by atoms with Gasteiger partial charge in [-0.25, -0.2) is 0 Å². The summed E-state index contributed by atoms with van der Waals surface area (Å²) in [7, 11) is 1.73. The zero-order chi connectivity index (χ0) is 13.0. The van der Waals surface area contributed by atoms with Crippen LogP contribution in [0.2, 0.25) is 0 Å². The topological polar surface area (TPSA) is 35.2 Å². The van der Waals surface area contributed by atoms with E-state index in [-0.39, 0.29) is 6.04 Å². The molecule has 1 aromatic carbocycles. The molecule has 0 aliphatic heterocycles. The Morgan fingerprint density at radius 3 is 2.29 bits per heavy atom. The van der Waals surface area contributed by atoms with Gasteiger partial charge in [-0.3, -0.25) is 0 Å². The number of benzene rings is 1. The van der Waals surface area contributed by atoms with E-state index < -0.39 is 0 Å². The molecule has 0 fully saturated rings. The van der Waals surface area contributed by atoms with Crippen LogP contribution in [0.25, 0.3) is 0 Å². The Morgan fingerprint density at radius 2 is 1.82 bits per heavy atom. The molecule has 0 saturated carbocycles. The zero-order valence-electron chi connectivity index (χ0n) is 11.1. The Bertz CT molecular complexity index is 355. The lowest BCUT2D eigenvalue weighted by molar-refractivity contribution is 0.174. The summed E-state index contributed by atoms with van der Waals surface area (Å²) in [5.41, 5.74) is 10.0. The molecule has 0 spiro atoms. The molecule has 0 aliphatic carbocycles. The summed E-state index contributed by atoms with van der Waals surface area (Å²) in [6, 6.07) is 4.42. The Balaban J connectivity index is 2.85. The molecule has 96 valence electrons. The Labute approximate surface area is 113 Å². The van der Waals surface area contributed by atoms with Crippen LogP contribution in [-0.4, -0.2) is 13.7 Å². The molecule has 0 radical (unpaired) electrons. The van der Waals surface area contributed by atoms with Gasteiger partial charge in [-0.05, 0) is 42.9 Å². The van der Waals surface area contributed by atoms with Gasteiger partial charge in [-0.2, -0.15) is 0 Å². The maximum Gasteiger partial charge on any atom is 0.0465 e. The summed E-state index contributed by atoms with van der Waals surface area (Å²) >= 11 is 3.58. The highest BCUT2D eigenvalue weighted by atomic mass is 79.9. The molecule has 1 aromatic rings. The van der Waals surface area contributed by atoms with Gasteiger partial charge in [0.05, 0.1) is 0 Å². The third-order valence-corrected chi connectivity index (χ3v) is 4.48. The first-order valence-corrected chi connectivity index (χ1v) is 6.77. The molecule has 2 atom stereocenters.